The molecule has 1 atom stereocenters. The van der Waals surface area contributed by atoms with Gasteiger partial charge in [-0.15, -0.1) is 0 Å². The van der Waals surface area contributed by atoms with Crippen molar-refractivity contribution in [1.82, 2.24) is 0 Å². The van der Waals surface area contributed by atoms with Crippen molar-refractivity contribution in [3.05, 3.63) is 46.4 Å². The highest BCUT2D eigenvalue weighted by Gasteiger charge is 2.12. The summed E-state index contributed by atoms with van der Waals surface area (Å²) in [6, 6.07) is 5.05. The zero-order chi connectivity index (χ0) is 11.4. The second kappa shape index (κ2) is 4.91. The van der Waals surface area contributed by atoms with Gasteiger partial charge in [-0.2, -0.15) is 0 Å². The number of nitrogens with zero attached hydrogens (tertiary/aromatic N) is 1. The lowest BCUT2D eigenvalue weighted by Crippen LogP contribution is -1.98. The zero-order valence-electron chi connectivity index (χ0n) is 9.19. The van der Waals surface area contributed by atoms with E-state index in [0.717, 1.165) is 18.4 Å². The molecule has 1 aromatic rings. The van der Waals surface area contributed by atoms with E-state index in [-0.39, 0.29) is 16.5 Å². The molecule has 0 saturated heterocycles. The van der Waals surface area contributed by atoms with Crippen molar-refractivity contribution in [3.63, 3.8) is 0 Å². The molecule has 0 saturated carbocycles. The first kappa shape index (κ1) is 11.7. The smallest absolute Gasteiger partial charge is 0.258 e. The van der Waals surface area contributed by atoms with E-state index in [2.05, 4.69) is 13.8 Å². The summed E-state index contributed by atoms with van der Waals surface area (Å²) in [5, 5.41) is 10.6. The lowest BCUT2D eigenvalue weighted by molar-refractivity contribution is -0.384. The van der Waals surface area contributed by atoms with Crippen LogP contribution in [0.2, 0.25) is 0 Å². The SMILES string of the molecule is [CH2]C(C)c1cc([N+](=O)[O-])ccc1CCC. The number of aryl methyl sites for hydroxylation is 1. The van der Waals surface area contributed by atoms with E-state index in [1.54, 1.807) is 12.1 Å². The van der Waals surface area contributed by atoms with Gasteiger partial charge in [0.2, 0.25) is 0 Å². The molecule has 1 rings (SSSR count). The van der Waals surface area contributed by atoms with E-state index in [1.807, 2.05) is 13.0 Å². The Hall–Kier alpha value is -1.38. The summed E-state index contributed by atoms with van der Waals surface area (Å²) in [6.45, 7) is 7.98. The van der Waals surface area contributed by atoms with Crippen LogP contribution < -0.4 is 0 Å². The van der Waals surface area contributed by atoms with E-state index < -0.39 is 0 Å². The first-order valence-electron chi connectivity index (χ1n) is 5.16. The molecule has 0 aliphatic rings. The molecule has 1 unspecified atom stereocenters. The third kappa shape index (κ3) is 2.78. The Labute approximate surface area is 90.3 Å². The molecule has 0 bridgehead atoms. The standard InChI is InChI=1S/C12H16NO2/c1-4-5-10-6-7-11(13(14)15)8-12(10)9(2)3/h6-9H,2,4-5H2,1,3H3. The number of hydrogen-bond donors (Lipinski definition) is 0. The van der Waals surface area contributed by atoms with Crippen molar-refractivity contribution in [3.8, 4) is 0 Å². The minimum Gasteiger partial charge on any atom is -0.258 e. The average molecular weight is 206 g/mol. The van der Waals surface area contributed by atoms with Crippen LogP contribution >= 0.6 is 0 Å². The molecule has 0 heterocycles. The Morgan fingerprint density at radius 2 is 2.20 bits per heavy atom. The van der Waals surface area contributed by atoms with Crippen LogP contribution in [0.3, 0.4) is 0 Å². The Bertz CT molecular complexity index is 359. The van der Waals surface area contributed by atoms with Gasteiger partial charge >= 0.3 is 0 Å². The van der Waals surface area contributed by atoms with Crippen LogP contribution in [0.4, 0.5) is 5.69 Å². The fourth-order valence-corrected chi connectivity index (χ4v) is 1.65. The van der Waals surface area contributed by atoms with Crippen LogP contribution in [0.25, 0.3) is 0 Å². The van der Waals surface area contributed by atoms with Gasteiger partial charge < -0.3 is 0 Å². The van der Waals surface area contributed by atoms with E-state index in [0.29, 0.717) is 0 Å². The molecular weight excluding hydrogens is 190 g/mol. The lowest BCUT2D eigenvalue weighted by Gasteiger charge is -2.11. The van der Waals surface area contributed by atoms with Crippen molar-refractivity contribution in [2.24, 2.45) is 0 Å². The first-order valence-corrected chi connectivity index (χ1v) is 5.16. The molecule has 0 amide bonds. The summed E-state index contributed by atoms with van der Waals surface area (Å²) < 4.78 is 0. The summed E-state index contributed by atoms with van der Waals surface area (Å²) in [7, 11) is 0. The van der Waals surface area contributed by atoms with Crippen molar-refractivity contribution in [2.75, 3.05) is 0 Å². The highest BCUT2D eigenvalue weighted by molar-refractivity contribution is 5.42. The topological polar surface area (TPSA) is 43.1 Å². The van der Waals surface area contributed by atoms with Gasteiger partial charge in [0.15, 0.2) is 0 Å². The maximum Gasteiger partial charge on any atom is 0.269 e. The van der Waals surface area contributed by atoms with Crippen molar-refractivity contribution in [2.45, 2.75) is 32.6 Å². The summed E-state index contributed by atoms with van der Waals surface area (Å²) in [4.78, 5) is 10.3. The Kier molecular flexibility index (Phi) is 3.83. The van der Waals surface area contributed by atoms with Gasteiger partial charge in [-0.1, -0.05) is 26.3 Å². The lowest BCUT2D eigenvalue weighted by atomic mass is 9.94. The van der Waals surface area contributed by atoms with Crippen molar-refractivity contribution < 1.29 is 4.92 Å². The zero-order valence-corrected chi connectivity index (χ0v) is 9.19. The van der Waals surface area contributed by atoms with Crippen LogP contribution in [-0.4, -0.2) is 4.92 Å². The van der Waals surface area contributed by atoms with Gasteiger partial charge in [-0.3, -0.25) is 10.1 Å². The van der Waals surface area contributed by atoms with E-state index in [1.165, 1.54) is 5.56 Å². The van der Waals surface area contributed by atoms with E-state index in [9.17, 15) is 10.1 Å². The van der Waals surface area contributed by atoms with Crippen LogP contribution in [0.15, 0.2) is 18.2 Å². The largest absolute Gasteiger partial charge is 0.269 e. The summed E-state index contributed by atoms with van der Waals surface area (Å²) in [6.07, 6.45) is 1.99. The summed E-state index contributed by atoms with van der Waals surface area (Å²) >= 11 is 0. The number of rotatable bonds is 4. The normalized spacial score (nSPS) is 10.7. The first-order chi connectivity index (χ1) is 7.06. The van der Waals surface area contributed by atoms with Gasteiger partial charge in [0.1, 0.15) is 0 Å². The van der Waals surface area contributed by atoms with Crippen LogP contribution in [0.1, 0.15) is 37.3 Å². The van der Waals surface area contributed by atoms with Gasteiger partial charge in [-0.05, 0) is 30.4 Å². The molecule has 0 aliphatic heterocycles. The van der Waals surface area contributed by atoms with Crippen LogP contribution in [0.5, 0.6) is 0 Å². The molecule has 0 fully saturated rings. The highest BCUT2D eigenvalue weighted by Crippen LogP contribution is 2.25. The van der Waals surface area contributed by atoms with E-state index >= 15 is 0 Å². The fraction of sp³-hybridized carbons (Fsp3) is 0.417. The molecule has 81 valence electrons. The Morgan fingerprint density at radius 1 is 1.53 bits per heavy atom. The molecule has 3 nitrogen and oxygen atoms in total. The van der Waals surface area contributed by atoms with Crippen LogP contribution in [0, 0.1) is 17.0 Å². The van der Waals surface area contributed by atoms with Gasteiger partial charge in [-0.25, -0.2) is 0 Å². The number of non-ortho nitro benzene ring substituents is 1. The van der Waals surface area contributed by atoms with Gasteiger partial charge in [0, 0.05) is 12.1 Å². The van der Waals surface area contributed by atoms with Crippen molar-refractivity contribution >= 4 is 5.69 Å². The molecule has 0 N–H and O–H groups in total. The predicted molar refractivity (Wildman–Crippen MR) is 60.9 cm³/mol. The maximum atomic E-state index is 10.6. The molecule has 3 heteroatoms. The monoisotopic (exact) mass is 206 g/mol. The number of benzene rings is 1. The molecule has 1 aromatic carbocycles. The quantitative estimate of drug-likeness (QED) is 0.559. The van der Waals surface area contributed by atoms with Gasteiger partial charge in [0.25, 0.3) is 5.69 Å². The molecule has 0 aliphatic carbocycles. The second-order valence-electron chi connectivity index (χ2n) is 3.79. The third-order valence-electron chi connectivity index (χ3n) is 2.39. The number of nitro benzene ring substituents is 1. The predicted octanol–water partition coefficient (Wildman–Crippen LogP) is 3.48. The van der Waals surface area contributed by atoms with Crippen molar-refractivity contribution in [1.29, 1.82) is 0 Å². The van der Waals surface area contributed by atoms with E-state index in [4.69, 9.17) is 0 Å². The Morgan fingerprint density at radius 3 is 2.67 bits per heavy atom. The number of hydrogen-bond acceptors (Lipinski definition) is 2. The molecule has 15 heavy (non-hydrogen) atoms. The molecule has 0 aromatic heterocycles. The Balaban J connectivity index is 3.14. The second-order valence-corrected chi connectivity index (χ2v) is 3.79. The van der Waals surface area contributed by atoms with Crippen LogP contribution in [-0.2, 0) is 6.42 Å². The third-order valence-corrected chi connectivity index (χ3v) is 2.39. The average Bonchev–Trinajstić information content (AvgIpc) is 2.18. The minimum atomic E-state index is -0.360. The summed E-state index contributed by atoms with van der Waals surface area (Å²) in [5.74, 6) is 0.0893. The maximum absolute atomic E-state index is 10.6. The number of nitro groups is 1. The molecule has 0 spiro atoms. The minimum absolute atomic E-state index is 0.0893. The fourth-order valence-electron chi connectivity index (χ4n) is 1.65. The summed E-state index contributed by atoms with van der Waals surface area (Å²) in [5.41, 5.74) is 2.32. The molecular formula is C12H16NO2. The molecule has 1 radical (unpaired) electrons. The highest BCUT2D eigenvalue weighted by atomic mass is 16.6. The van der Waals surface area contributed by atoms with Gasteiger partial charge in [0.05, 0.1) is 4.92 Å².